The van der Waals surface area contributed by atoms with Crippen molar-refractivity contribution in [1.29, 1.82) is 0 Å². The third-order valence-corrected chi connectivity index (χ3v) is 5.79. The van der Waals surface area contributed by atoms with E-state index in [1.807, 2.05) is 30.3 Å². The number of H-pyrrole nitrogens is 2. The Bertz CT molecular complexity index is 1590. The lowest BCUT2D eigenvalue weighted by Gasteiger charge is -1.97. The molecule has 0 aliphatic heterocycles. The van der Waals surface area contributed by atoms with Gasteiger partial charge >= 0.3 is 16.9 Å². The number of methoxy groups -OCH3 is 1. The molecular formula is C22H18N7O4S+. The van der Waals surface area contributed by atoms with Crippen LogP contribution in [0.4, 0.5) is 11.4 Å². The fourth-order valence-corrected chi connectivity index (χ4v) is 4.04. The SMILES string of the molecule is COc1ccc(N=Nc2c(C)[nH]n(-c3nc(-c4c(=O)o[nH][n+]4-c4ccccc4)cs3)c2=O)cc1. The number of azo groups is 1. The molecule has 2 aromatic carbocycles. The maximum atomic E-state index is 13.0. The van der Waals surface area contributed by atoms with Gasteiger partial charge < -0.3 is 4.74 Å². The number of nitrogens with zero attached hydrogens (tertiary/aromatic N) is 5. The lowest BCUT2D eigenvalue weighted by Crippen LogP contribution is -2.36. The summed E-state index contributed by atoms with van der Waals surface area (Å²) in [5.41, 5.74) is 1.55. The highest BCUT2D eigenvalue weighted by molar-refractivity contribution is 7.12. The van der Waals surface area contributed by atoms with E-state index in [-0.39, 0.29) is 11.4 Å². The second-order valence-corrected chi connectivity index (χ2v) is 7.98. The predicted molar refractivity (Wildman–Crippen MR) is 124 cm³/mol. The first kappa shape index (κ1) is 21.3. The number of benzene rings is 2. The predicted octanol–water partition coefficient (Wildman–Crippen LogP) is 3.58. The zero-order valence-corrected chi connectivity index (χ0v) is 18.9. The Hall–Kier alpha value is -4.58. The number of aromatic nitrogens is 5. The fraction of sp³-hybridized carbons (Fsp3) is 0.0909. The highest BCUT2D eigenvalue weighted by Gasteiger charge is 2.28. The number of hydrogen-bond acceptors (Lipinski definition) is 8. The normalized spacial score (nSPS) is 11.4. The Labute approximate surface area is 195 Å². The summed E-state index contributed by atoms with van der Waals surface area (Å²) in [4.78, 5) is 29.9. The van der Waals surface area contributed by atoms with E-state index in [0.717, 1.165) is 0 Å². The van der Waals surface area contributed by atoms with E-state index < -0.39 is 11.2 Å². The first-order valence-electron chi connectivity index (χ1n) is 10.1. The van der Waals surface area contributed by atoms with E-state index in [9.17, 15) is 9.59 Å². The first-order chi connectivity index (χ1) is 16.5. The molecule has 11 nitrogen and oxygen atoms in total. The molecule has 0 spiro atoms. The average molecular weight is 476 g/mol. The smallest absolute Gasteiger partial charge is 0.437 e. The molecule has 0 aliphatic rings. The van der Waals surface area contributed by atoms with Crippen LogP contribution < -0.4 is 20.6 Å². The summed E-state index contributed by atoms with van der Waals surface area (Å²) in [5.74, 6) is 0.698. The molecule has 0 aliphatic carbocycles. The fourth-order valence-electron chi connectivity index (χ4n) is 3.27. The summed E-state index contributed by atoms with van der Waals surface area (Å²) in [6.07, 6.45) is 0. The van der Waals surface area contributed by atoms with Crippen LogP contribution in [0.1, 0.15) is 5.69 Å². The number of aromatic amines is 2. The van der Waals surface area contributed by atoms with Gasteiger partial charge in [0, 0.05) is 17.5 Å². The second-order valence-electron chi connectivity index (χ2n) is 7.14. The standard InChI is InChI=1S/C22H17N7O4S/c1-13-18(25-24-14-8-10-16(32-2)11-9-14)20(30)29(26-13)22-23-17(12-34-22)19-21(31)33-27-28(19)15-6-4-3-5-7-15/h3-12H,1-2H3,(H-,24,26,27,30,31)/p+1. The van der Waals surface area contributed by atoms with Crippen molar-refractivity contribution in [3.63, 3.8) is 0 Å². The quantitative estimate of drug-likeness (QED) is 0.285. The molecule has 0 saturated heterocycles. The van der Waals surface area contributed by atoms with Gasteiger partial charge in [-0.3, -0.25) is 14.4 Å². The van der Waals surface area contributed by atoms with Crippen LogP contribution in [0.5, 0.6) is 5.75 Å². The van der Waals surface area contributed by atoms with E-state index in [2.05, 4.69) is 25.6 Å². The van der Waals surface area contributed by atoms with Crippen molar-refractivity contribution in [2.24, 2.45) is 10.2 Å². The molecule has 170 valence electrons. The van der Waals surface area contributed by atoms with E-state index >= 15 is 0 Å². The van der Waals surface area contributed by atoms with Crippen molar-refractivity contribution in [3.8, 4) is 28.0 Å². The van der Waals surface area contributed by atoms with Gasteiger partial charge in [0.25, 0.3) is 0 Å². The molecule has 0 saturated carbocycles. The monoisotopic (exact) mass is 476 g/mol. The van der Waals surface area contributed by atoms with Gasteiger partial charge in [-0.1, -0.05) is 18.2 Å². The number of rotatable bonds is 6. The van der Waals surface area contributed by atoms with Gasteiger partial charge in [-0.25, -0.2) is 9.78 Å². The molecule has 0 unspecified atom stereocenters. The summed E-state index contributed by atoms with van der Waals surface area (Å²) in [7, 11) is 1.58. The van der Waals surface area contributed by atoms with Gasteiger partial charge in [-0.05, 0) is 41.1 Å². The van der Waals surface area contributed by atoms with Crippen molar-refractivity contribution in [3.05, 3.63) is 86.4 Å². The molecule has 3 heterocycles. The minimum absolute atomic E-state index is 0.160. The number of para-hydroxylation sites is 1. The van der Waals surface area contributed by atoms with Gasteiger partial charge in [0.15, 0.2) is 11.4 Å². The molecule has 34 heavy (non-hydrogen) atoms. The maximum absolute atomic E-state index is 13.0. The minimum Gasteiger partial charge on any atom is -0.497 e. The minimum atomic E-state index is -0.579. The van der Waals surface area contributed by atoms with Crippen molar-refractivity contribution in [2.45, 2.75) is 6.92 Å². The Balaban J connectivity index is 1.48. The molecule has 0 atom stereocenters. The summed E-state index contributed by atoms with van der Waals surface area (Å²) >= 11 is 1.19. The van der Waals surface area contributed by atoms with Gasteiger partial charge in [0.05, 0.1) is 18.5 Å². The molecule has 0 fully saturated rings. The summed E-state index contributed by atoms with van der Waals surface area (Å²) < 4.78 is 12.9. The Kier molecular flexibility index (Phi) is 5.47. The van der Waals surface area contributed by atoms with Crippen molar-refractivity contribution >= 4 is 22.7 Å². The van der Waals surface area contributed by atoms with Crippen LogP contribution in [0.15, 0.2) is 84.3 Å². The summed E-state index contributed by atoms with van der Waals surface area (Å²) in [6, 6.07) is 16.2. The van der Waals surface area contributed by atoms with Crippen molar-refractivity contribution in [2.75, 3.05) is 7.11 Å². The average Bonchev–Trinajstić information content (AvgIpc) is 3.56. The molecule has 2 N–H and O–H groups in total. The zero-order chi connectivity index (χ0) is 23.7. The van der Waals surface area contributed by atoms with Crippen LogP contribution >= 0.6 is 11.3 Å². The van der Waals surface area contributed by atoms with E-state index in [4.69, 9.17) is 9.26 Å². The maximum Gasteiger partial charge on any atom is 0.437 e. The molecule has 5 rings (SSSR count). The number of thiazole rings is 1. The Morgan fingerprint density at radius 3 is 2.59 bits per heavy atom. The second kappa shape index (κ2) is 8.75. The number of aryl methyl sites for hydroxylation is 1. The van der Waals surface area contributed by atoms with Crippen LogP contribution in [-0.4, -0.2) is 27.1 Å². The lowest BCUT2D eigenvalue weighted by molar-refractivity contribution is -0.660. The van der Waals surface area contributed by atoms with Gasteiger partial charge in [-0.2, -0.15) is 9.80 Å². The van der Waals surface area contributed by atoms with Crippen LogP contribution in [0, 0.1) is 6.92 Å². The molecule has 0 bridgehead atoms. The topological polar surface area (TPSA) is 135 Å². The number of hydrogen-bond donors (Lipinski definition) is 2. The van der Waals surface area contributed by atoms with Gasteiger partial charge in [-0.15, -0.1) is 16.5 Å². The lowest BCUT2D eigenvalue weighted by atomic mass is 10.3. The molecule has 3 aromatic heterocycles. The molecular weight excluding hydrogens is 458 g/mol. The third kappa shape index (κ3) is 3.86. The zero-order valence-electron chi connectivity index (χ0n) is 18.1. The van der Waals surface area contributed by atoms with E-state index in [0.29, 0.717) is 33.6 Å². The first-order valence-corrected chi connectivity index (χ1v) is 11.0. The van der Waals surface area contributed by atoms with Gasteiger partial charge in [0.2, 0.25) is 10.8 Å². The van der Waals surface area contributed by atoms with Crippen LogP contribution in [0.25, 0.3) is 22.2 Å². The number of ether oxygens (including phenoxy) is 1. The summed E-state index contributed by atoms with van der Waals surface area (Å²) in [6.45, 7) is 1.72. The van der Waals surface area contributed by atoms with Crippen molar-refractivity contribution in [1.82, 2.24) is 20.0 Å². The van der Waals surface area contributed by atoms with E-state index in [1.54, 1.807) is 43.7 Å². The Morgan fingerprint density at radius 1 is 1.09 bits per heavy atom. The third-order valence-electron chi connectivity index (χ3n) is 4.97. The van der Waals surface area contributed by atoms with Crippen LogP contribution in [0.2, 0.25) is 0 Å². The molecule has 0 radical (unpaired) electrons. The molecule has 0 amide bonds. The van der Waals surface area contributed by atoms with E-state index in [1.165, 1.54) is 20.7 Å². The molecule has 5 aromatic rings. The van der Waals surface area contributed by atoms with Crippen LogP contribution in [-0.2, 0) is 0 Å². The summed E-state index contributed by atoms with van der Waals surface area (Å²) in [5, 5.41) is 15.8. The van der Waals surface area contributed by atoms with Gasteiger partial charge in [0.1, 0.15) is 5.75 Å². The Morgan fingerprint density at radius 2 is 1.85 bits per heavy atom. The molecule has 12 heteroatoms. The number of nitrogens with one attached hydrogen (secondary N) is 2. The highest BCUT2D eigenvalue weighted by atomic mass is 32.1. The largest absolute Gasteiger partial charge is 0.497 e. The van der Waals surface area contributed by atoms with Crippen molar-refractivity contribution < 1.29 is 13.9 Å². The van der Waals surface area contributed by atoms with Crippen LogP contribution in [0.3, 0.4) is 0 Å². The highest BCUT2D eigenvalue weighted by Crippen LogP contribution is 2.23.